The van der Waals surface area contributed by atoms with Crippen LogP contribution in [0.15, 0.2) is 33.3 Å². The minimum Gasteiger partial charge on any atom is -0.339 e. The van der Waals surface area contributed by atoms with Gasteiger partial charge in [0.2, 0.25) is 11.7 Å². The molecule has 0 fully saturated rings. The molecule has 0 atom stereocenters. The van der Waals surface area contributed by atoms with Gasteiger partial charge in [0.15, 0.2) is 0 Å². The van der Waals surface area contributed by atoms with E-state index in [0.29, 0.717) is 11.7 Å². The Kier molecular flexibility index (Phi) is 2.63. The van der Waals surface area contributed by atoms with Crippen molar-refractivity contribution in [1.82, 2.24) is 10.1 Å². The Labute approximate surface area is 90.3 Å². The molecule has 2 rings (SSSR count). The second-order valence-corrected chi connectivity index (χ2v) is 3.79. The lowest BCUT2D eigenvalue weighted by atomic mass is 10.2. The molecule has 1 aromatic carbocycles. The third-order valence-corrected chi connectivity index (χ3v) is 2.40. The van der Waals surface area contributed by atoms with Crippen LogP contribution < -0.4 is 0 Å². The molecule has 0 aliphatic rings. The summed E-state index contributed by atoms with van der Waals surface area (Å²) in [6.45, 7) is 1.98. The molecule has 0 spiro atoms. The molecular weight excluding hydrogens is 244 g/mol. The Bertz CT molecular complexity index is 422. The van der Waals surface area contributed by atoms with Crippen molar-refractivity contribution < 1.29 is 4.52 Å². The molecule has 0 aliphatic heterocycles. The van der Waals surface area contributed by atoms with Crippen molar-refractivity contribution in [2.45, 2.75) is 13.3 Å². The first-order valence-electron chi connectivity index (χ1n) is 4.38. The fourth-order valence-electron chi connectivity index (χ4n) is 1.11. The molecule has 0 saturated heterocycles. The lowest BCUT2D eigenvalue weighted by Crippen LogP contribution is -1.81. The van der Waals surface area contributed by atoms with Crippen molar-refractivity contribution in [3.8, 4) is 11.4 Å². The summed E-state index contributed by atoms with van der Waals surface area (Å²) in [6, 6.07) is 7.82. The molecule has 0 radical (unpaired) electrons. The van der Waals surface area contributed by atoms with Crippen LogP contribution in [0, 0.1) is 0 Å². The Morgan fingerprint density at radius 3 is 2.57 bits per heavy atom. The van der Waals surface area contributed by atoms with Gasteiger partial charge in [-0.15, -0.1) is 0 Å². The second-order valence-electron chi connectivity index (χ2n) is 2.87. The van der Waals surface area contributed by atoms with Gasteiger partial charge in [0.1, 0.15) is 0 Å². The van der Waals surface area contributed by atoms with E-state index < -0.39 is 0 Å². The summed E-state index contributed by atoms with van der Waals surface area (Å²) in [4.78, 5) is 4.24. The van der Waals surface area contributed by atoms with Crippen molar-refractivity contribution in [3.63, 3.8) is 0 Å². The van der Waals surface area contributed by atoms with Crippen LogP contribution in [0.2, 0.25) is 0 Å². The number of hydrogen-bond donors (Lipinski definition) is 0. The van der Waals surface area contributed by atoms with Crippen LogP contribution in [0.1, 0.15) is 12.8 Å². The van der Waals surface area contributed by atoms with Crippen molar-refractivity contribution >= 4 is 15.9 Å². The van der Waals surface area contributed by atoms with E-state index >= 15 is 0 Å². The molecule has 0 unspecified atom stereocenters. The monoisotopic (exact) mass is 252 g/mol. The van der Waals surface area contributed by atoms with Crippen LogP contribution >= 0.6 is 15.9 Å². The van der Waals surface area contributed by atoms with E-state index in [1.807, 2.05) is 31.2 Å². The van der Waals surface area contributed by atoms with Gasteiger partial charge >= 0.3 is 0 Å². The van der Waals surface area contributed by atoms with Gasteiger partial charge in [-0.2, -0.15) is 4.98 Å². The smallest absolute Gasteiger partial charge is 0.226 e. The molecule has 0 saturated carbocycles. The topological polar surface area (TPSA) is 38.9 Å². The van der Waals surface area contributed by atoms with Gasteiger partial charge in [0, 0.05) is 16.5 Å². The third-order valence-electron chi connectivity index (χ3n) is 1.87. The Morgan fingerprint density at radius 1 is 1.29 bits per heavy atom. The quantitative estimate of drug-likeness (QED) is 0.825. The second kappa shape index (κ2) is 3.92. The van der Waals surface area contributed by atoms with E-state index in [1.54, 1.807) is 0 Å². The van der Waals surface area contributed by atoms with Gasteiger partial charge in [-0.05, 0) is 24.3 Å². The molecule has 0 amide bonds. The zero-order valence-electron chi connectivity index (χ0n) is 7.70. The summed E-state index contributed by atoms with van der Waals surface area (Å²) >= 11 is 3.37. The largest absolute Gasteiger partial charge is 0.339 e. The number of aromatic nitrogens is 2. The maximum Gasteiger partial charge on any atom is 0.226 e. The van der Waals surface area contributed by atoms with E-state index in [1.165, 1.54) is 0 Å². The van der Waals surface area contributed by atoms with Gasteiger partial charge in [-0.1, -0.05) is 28.0 Å². The van der Waals surface area contributed by atoms with Crippen molar-refractivity contribution in [3.05, 3.63) is 34.6 Å². The predicted octanol–water partition coefficient (Wildman–Crippen LogP) is 3.06. The fraction of sp³-hybridized carbons (Fsp3) is 0.200. The standard InChI is InChI=1S/C10H9BrN2O/c1-2-9-12-10(13-14-9)7-3-5-8(11)6-4-7/h3-6H,2H2,1H3. The number of aryl methyl sites for hydroxylation is 1. The Hall–Kier alpha value is -1.16. The Balaban J connectivity index is 2.34. The average molecular weight is 253 g/mol. The lowest BCUT2D eigenvalue weighted by molar-refractivity contribution is 0.383. The Morgan fingerprint density at radius 2 is 2.00 bits per heavy atom. The highest BCUT2D eigenvalue weighted by molar-refractivity contribution is 9.10. The van der Waals surface area contributed by atoms with Crippen molar-refractivity contribution in [2.24, 2.45) is 0 Å². The molecule has 2 aromatic rings. The maximum absolute atomic E-state index is 5.03. The SMILES string of the molecule is CCc1nc(-c2ccc(Br)cc2)no1. The van der Waals surface area contributed by atoms with Crippen LogP contribution in [-0.4, -0.2) is 10.1 Å². The minimum absolute atomic E-state index is 0.648. The van der Waals surface area contributed by atoms with Crippen LogP contribution in [0.25, 0.3) is 11.4 Å². The zero-order valence-corrected chi connectivity index (χ0v) is 9.28. The number of halogens is 1. The normalized spacial score (nSPS) is 10.4. The third kappa shape index (κ3) is 1.85. The predicted molar refractivity (Wildman–Crippen MR) is 56.8 cm³/mol. The molecular formula is C10H9BrN2O. The van der Waals surface area contributed by atoms with Crippen molar-refractivity contribution in [2.75, 3.05) is 0 Å². The summed E-state index contributed by atoms with van der Waals surface area (Å²) < 4.78 is 6.07. The minimum atomic E-state index is 0.648. The van der Waals surface area contributed by atoms with Crippen LogP contribution in [0.4, 0.5) is 0 Å². The highest BCUT2D eigenvalue weighted by Gasteiger charge is 2.05. The van der Waals surface area contributed by atoms with Gasteiger partial charge in [-0.3, -0.25) is 0 Å². The summed E-state index contributed by atoms with van der Waals surface area (Å²) in [5.41, 5.74) is 0.969. The number of benzene rings is 1. The number of rotatable bonds is 2. The van der Waals surface area contributed by atoms with Crippen LogP contribution in [0.3, 0.4) is 0 Å². The summed E-state index contributed by atoms with van der Waals surface area (Å²) in [7, 11) is 0. The molecule has 0 aliphatic carbocycles. The fourth-order valence-corrected chi connectivity index (χ4v) is 1.38. The first-order valence-corrected chi connectivity index (χ1v) is 5.17. The van der Waals surface area contributed by atoms with Crippen molar-refractivity contribution in [1.29, 1.82) is 0 Å². The summed E-state index contributed by atoms with van der Waals surface area (Å²) in [5.74, 6) is 1.32. The lowest BCUT2D eigenvalue weighted by Gasteiger charge is -1.93. The van der Waals surface area contributed by atoms with Gasteiger partial charge in [0.05, 0.1) is 0 Å². The van der Waals surface area contributed by atoms with E-state index in [0.717, 1.165) is 16.5 Å². The van der Waals surface area contributed by atoms with E-state index in [2.05, 4.69) is 26.1 Å². The molecule has 4 heteroatoms. The first-order chi connectivity index (χ1) is 6.79. The van der Waals surface area contributed by atoms with Crippen LogP contribution in [-0.2, 0) is 6.42 Å². The van der Waals surface area contributed by atoms with Gasteiger partial charge in [-0.25, -0.2) is 0 Å². The summed E-state index contributed by atoms with van der Waals surface area (Å²) in [6.07, 6.45) is 0.767. The highest BCUT2D eigenvalue weighted by atomic mass is 79.9. The maximum atomic E-state index is 5.03. The zero-order chi connectivity index (χ0) is 9.97. The number of hydrogen-bond acceptors (Lipinski definition) is 3. The molecule has 14 heavy (non-hydrogen) atoms. The first kappa shape index (κ1) is 9.40. The van der Waals surface area contributed by atoms with Gasteiger partial charge in [0.25, 0.3) is 0 Å². The van der Waals surface area contributed by atoms with E-state index in [9.17, 15) is 0 Å². The molecule has 3 nitrogen and oxygen atoms in total. The van der Waals surface area contributed by atoms with Gasteiger partial charge < -0.3 is 4.52 Å². The van der Waals surface area contributed by atoms with E-state index in [4.69, 9.17) is 4.52 Å². The molecule has 1 heterocycles. The van der Waals surface area contributed by atoms with Crippen LogP contribution in [0.5, 0.6) is 0 Å². The molecule has 72 valence electrons. The molecule has 0 bridgehead atoms. The average Bonchev–Trinajstić information content (AvgIpc) is 2.67. The highest BCUT2D eigenvalue weighted by Crippen LogP contribution is 2.18. The molecule has 1 aromatic heterocycles. The molecule has 0 N–H and O–H groups in total. The summed E-state index contributed by atoms with van der Waals surface area (Å²) in [5, 5.41) is 3.89. The van der Waals surface area contributed by atoms with E-state index in [-0.39, 0.29) is 0 Å². The number of nitrogens with zero attached hydrogens (tertiary/aromatic N) is 2.